The van der Waals surface area contributed by atoms with E-state index in [-0.39, 0.29) is 12.3 Å². The van der Waals surface area contributed by atoms with Crippen molar-refractivity contribution in [2.24, 2.45) is 0 Å². The quantitative estimate of drug-likeness (QED) is 0.192. The molecule has 10 heteroatoms. The highest BCUT2D eigenvalue weighted by Crippen LogP contribution is 2.30. The summed E-state index contributed by atoms with van der Waals surface area (Å²) in [4.78, 5) is 24.9. The molecular formula is C28H37F3N2O5. The second-order valence-corrected chi connectivity index (χ2v) is 9.30. The number of carbonyl (C=O) groups is 2. The van der Waals surface area contributed by atoms with Crippen molar-refractivity contribution in [2.75, 3.05) is 11.9 Å². The van der Waals surface area contributed by atoms with Gasteiger partial charge in [0.05, 0.1) is 18.3 Å². The number of hydrogen-bond donors (Lipinski definition) is 2. The number of unbranched alkanes of at least 4 members (excludes halogenated alkanes) is 4. The van der Waals surface area contributed by atoms with Crippen LogP contribution in [-0.4, -0.2) is 30.6 Å². The Morgan fingerprint density at radius 3 is 2.18 bits per heavy atom. The van der Waals surface area contributed by atoms with E-state index in [1.807, 2.05) is 0 Å². The first-order valence-corrected chi connectivity index (χ1v) is 12.8. The number of carbonyl (C=O) groups excluding carboxylic acids is 2. The average molecular weight is 539 g/mol. The van der Waals surface area contributed by atoms with Crippen molar-refractivity contribution in [3.63, 3.8) is 0 Å². The summed E-state index contributed by atoms with van der Waals surface area (Å²) in [6.07, 6.45) is 0.891. The summed E-state index contributed by atoms with van der Waals surface area (Å²) < 4.78 is 53.1. The van der Waals surface area contributed by atoms with Gasteiger partial charge in [-0.3, -0.25) is 0 Å². The molecular weight excluding hydrogens is 501 g/mol. The van der Waals surface area contributed by atoms with Crippen LogP contribution in [0.5, 0.6) is 11.5 Å². The van der Waals surface area contributed by atoms with E-state index in [0.717, 1.165) is 43.7 Å². The fourth-order valence-corrected chi connectivity index (χ4v) is 3.78. The molecule has 0 radical (unpaired) electrons. The second kappa shape index (κ2) is 14.5. The van der Waals surface area contributed by atoms with E-state index in [9.17, 15) is 22.8 Å². The van der Waals surface area contributed by atoms with Crippen molar-refractivity contribution in [1.29, 1.82) is 0 Å². The number of alkyl halides is 3. The molecule has 2 N–H and O–H groups in total. The van der Waals surface area contributed by atoms with Gasteiger partial charge in [-0.1, -0.05) is 63.3 Å². The normalized spacial score (nSPS) is 12.4. The van der Waals surface area contributed by atoms with E-state index in [1.165, 1.54) is 18.2 Å². The molecule has 0 aliphatic heterocycles. The van der Waals surface area contributed by atoms with Gasteiger partial charge in [0.1, 0.15) is 5.75 Å². The summed E-state index contributed by atoms with van der Waals surface area (Å²) in [5, 5.41) is 5.32. The first kappa shape index (κ1) is 30.8. The monoisotopic (exact) mass is 538 g/mol. The van der Waals surface area contributed by atoms with E-state index in [0.29, 0.717) is 12.2 Å². The lowest BCUT2D eigenvalue weighted by molar-refractivity contribution is -0.274. The molecule has 1 unspecified atom stereocenters. The number of urea groups is 1. The number of halogens is 3. The maximum Gasteiger partial charge on any atom is 0.573 e. The van der Waals surface area contributed by atoms with Crippen molar-refractivity contribution >= 4 is 17.7 Å². The molecule has 0 aliphatic carbocycles. The first-order chi connectivity index (χ1) is 17.9. The van der Waals surface area contributed by atoms with Gasteiger partial charge in [-0.15, -0.1) is 13.2 Å². The molecule has 0 heterocycles. The number of ether oxygens (including phenoxy) is 3. The molecule has 2 amide bonds. The Kier molecular flexibility index (Phi) is 11.7. The molecule has 2 aromatic carbocycles. The predicted molar refractivity (Wildman–Crippen MR) is 139 cm³/mol. The van der Waals surface area contributed by atoms with Gasteiger partial charge in [0.2, 0.25) is 0 Å². The Bertz CT molecular complexity index is 1030. The predicted octanol–water partition coefficient (Wildman–Crippen LogP) is 7.53. The number of esters is 1. The number of anilines is 1. The van der Waals surface area contributed by atoms with Gasteiger partial charge in [0.25, 0.3) is 0 Å². The standard InChI is InChI=1S/C28H37F3N2O5/c1-5-7-8-9-10-13-22(20-16-18-21(19-17-20)37-27(3,4)25(34)36-6-2)32-26(35)33-23-14-11-12-15-24(23)38-28(29,30)31/h11-12,14-19,22H,5-10,13H2,1-4H3,(H2,32,33,35). The zero-order valence-electron chi connectivity index (χ0n) is 22.3. The summed E-state index contributed by atoms with van der Waals surface area (Å²) in [6.45, 7) is 7.32. The van der Waals surface area contributed by atoms with E-state index < -0.39 is 35.8 Å². The molecule has 38 heavy (non-hydrogen) atoms. The van der Waals surface area contributed by atoms with Crippen LogP contribution >= 0.6 is 0 Å². The number of para-hydroxylation sites is 2. The third kappa shape index (κ3) is 10.5. The molecule has 0 fully saturated rings. The highest BCUT2D eigenvalue weighted by atomic mass is 19.4. The number of amides is 2. The smallest absolute Gasteiger partial charge is 0.476 e. The van der Waals surface area contributed by atoms with Crippen molar-refractivity contribution in [3.05, 3.63) is 54.1 Å². The fourth-order valence-electron chi connectivity index (χ4n) is 3.78. The second-order valence-electron chi connectivity index (χ2n) is 9.30. The Morgan fingerprint density at radius 2 is 1.55 bits per heavy atom. The van der Waals surface area contributed by atoms with Crippen LogP contribution in [-0.2, 0) is 9.53 Å². The van der Waals surface area contributed by atoms with Gasteiger partial charge in [0.15, 0.2) is 11.4 Å². The van der Waals surface area contributed by atoms with E-state index in [4.69, 9.17) is 9.47 Å². The Balaban J connectivity index is 2.14. The summed E-state index contributed by atoms with van der Waals surface area (Å²) in [7, 11) is 0. The number of hydrogen-bond acceptors (Lipinski definition) is 5. The summed E-state index contributed by atoms with van der Waals surface area (Å²) in [6, 6.07) is 11.3. The lowest BCUT2D eigenvalue weighted by Crippen LogP contribution is -2.39. The third-order valence-corrected chi connectivity index (χ3v) is 5.69. The van der Waals surface area contributed by atoms with Crippen LogP contribution in [0, 0.1) is 0 Å². The molecule has 0 bridgehead atoms. The molecule has 1 atom stereocenters. The van der Waals surface area contributed by atoms with E-state index in [2.05, 4.69) is 22.3 Å². The zero-order valence-corrected chi connectivity index (χ0v) is 22.3. The molecule has 0 saturated carbocycles. The topological polar surface area (TPSA) is 85.9 Å². The number of nitrogens with one attached hydrogen (secondary N) is 2. The summed E-state index contributed by atoms with van der Waals surface area (Å²) in [5.74, 6) is -0.532. The Hall–Kier alpha value is -3.43. The molecule has 0 aromatic heterocycles. The minimum atomic E-state index is -4.89. The molecule has 2 aromatic rings. The van der Waals surface area contributed by atoms with Crippen molar-refractivity contribution in [3.8, 4) is 11.5 Å². The van der Waals surface area contributed by atoms with Gasteiger partial charge >= 0.3 is 18.4 Å². The van der Waals surface area contributed by atoms with Crippen molar-refractivity contribution in [2.45, 2.75) is 84.2 Å². The minimum absolute atomic E-state index is 0.103. The van der Waals surface area contributed by atoms with Crippen LogP contribution < -0.4 is 20.1 Å². The third-order valence-electron chi connectivity index (χ3n) is 5.69. The molecule has 2 rings (SSSR count). The highest BCUT2D eigenvalue weighted by Gasteiger charge is 2.33. The average Bonchev–Trinajstić information content (AvgIpc) is 2.84. The SMILES string of the molecule is CCCCCCCC(NC(=O)Nc1ccccc1OC(F)(F)F)c1ccc(OC(C)(C)C(=O)OCC)cc1. The maximum atomic E-state index is 12.8. The fraction of sp³-hybridized carbons (Fsp3) is 0.500. The van der Waals surface area contributed by atoms with E-state index in [1.54, 1.807) is 45.0 Å². The van der Waals surface area contributed by atoms with Crippen molar-refractivity contribution < 1.29 is 37.0 Å². The van der Waals surface area contributed by atoms with Gasteiger partial charge in [-0.25, -0.2) is 9.59 Å². The zero-order chi connectivity index (χ0) is 28.2. The largest absolute Gasteiger partial charge is 0.573 e. The summed E-state index contributed by atoms with van der Waals surface area (Å²) in [5.41, 5.74) is -0.494. The van der Waals surface area contributed by atoms with Crippen LogP contribution in [0.2, 0.25) is 0 Å². The molecule has 0 spiro atoms. The van der Waals surface area contributed by atoms with Gasteiger partial charge < -0.3 is 24.8 Å². The minimum Gasteiger partial charge on any atom is -0.476 e. The maximum absolute atomic E-state index is 12.8. The number of rotatable bonds is 14. The molecule has 7 nitrogen and oxygen atoms in total. The summed E-state index contributed by atoms with van der Waals surface area (Å²) >= 11 is 0. The van der Waals surface area contributed by atoms with Crippen LogP contribution in [0.3, 0.4) is 0 Å². The first-order valence-electron chi connectivity index (χ1n) is 12.8. The van der Waals surface area contributed by atoms with Crippen molar-refractivity contribution in [1.82, 2.24) is 5.32 Å². The van der Waals surface area contributed by atoms with E-state index >= 15 is 0 Å². The van der Waals surface area contributed by atoms with Crippen LogP contribution in [0.15, 0.2) is 48.5 Å². The van der Waals surface area contributed by atoms with Gasteiger partial charge in [0, 0.05) is 0 Å². The Labute approximate surface area is 222 Å². The highest BCUT2D eigenvalue weighted by molar-refractivity contribution is 5.91. The Morgan fingerprint density at radius 1 is 0.895 bits per heavy atom. The van der Waals surface area contributed by atoms with Gasteiger partial charge in [-0.2, -0.15) is 0 Å². The molecule has 0 aliphatic rings. The number of benzene rings is 2. The lowest BCUT2D eigenvalue weighted by Gasteiger charge is -2.25. The lowest BCUT2D eigenvalue weighted by atomic mass is 9.99. The van der Waals surface area contributed by atoms with Crippen LogP contribution in [0.4, 0.5) is 23.7 Å². The van der Waals surface area contributed by atoms with Crippen LogP contribution in [0.1, 0.15) is 77.8 Å². The molecule has 0 saturated heterocycles. The van der Waals surface area contributed by atoms with Gasteiger partial charge in [-0.05, 0) is 57.0 Å². The van der Waals surface area contributed by atoms with Crippen LogP contribution in [0.25, 0.3) is 0 Å². The molecule has 210 valence electrons.